The largest absolute Gasteiger partial charge is 0.456 e. The summed E-state index contributed by atoms with van der Waals surface area (Å²) < 4.78 is 31.7. The normalized spacial score (nSPS) is 25.4. The van der Waals surface area contributed by atoms with Gasteiger partial charge in [0.1, 0.15) is 17.3 Å². The predicted molar refractivity (Wildman–Crippen MR) is 79.5 cm³/mol. The molecule has 2 aliphatic rings. The van der Waals surface area contributed by atoms with Crippen molar-refractivity contribution >= 4 is 17.6 Å². The maximum absolute atomic E-state index is 13.4. The molecule has 124 valence electrons. The van der Waals surface area contributed by atoms with Crippen molar-refractivity contribution in [3.05, 3.63) is 29.8 Å². The van der Waals surface area contributed by atoms with E-state index in [1.54, 1.807) is 0 Å². The molecule has 2 bridgehead atoms. The Balaban J connectivity index is 1.44. The van der Waals surface area contributed by atoms with Gasteiger partial charge >= 0.3 is 5.97 Å². The Hall–Kier alpha value is -1.98. The number of benzene rings is 1. The summed E-state index contributed by atoms with van der Waals surface area (Å²) in [7, 11) is 0. The number of carbonyl (C=O) groups excluding carboxylic acids is 2. The van der Waals surface area contributed by atoms with E-state index in [9.17, 15) is 18.4 Å². The number of fused-ring (bicyclic) bond motifs is 2. The van der Waals surface area contributed by atoms with Crippen molar-refractivity contribution in [3.63, 3.8) is 0 Å². The molecule has 6 heteroatoms. The molecule has 1 aromatic rings. The second-order valence-corrected chi connectivity index (χ2v) is 6.44. The number of rotatable bonds is 5. The standard InChI is InChI=1S/C17H19F2NO3/c18-13-2-1-3-14(19)17(13)20-15(21)9-23-16(22)8-12-7-10-4-5-11(12)6-10/h1-3,10-12H,4-9H2,(H,20,21)/t10-,11+,12+/m0/s1. The van der Waals surface area contributed by atoms with Gasteiger partial charge in [-0.3, -0.25) is 9.59 Å². The van der Waals surface area contributed by atoms with E-state index in [2.05, 4.69) is 5.32 Å². The summed E-state index contributed by atoms with van der Waals surface area (Å²) in [6, 6.07) is 3.29. The SMILES string of the molecule is O=C(COC(=O)C[C@H]1C[C@H]2CC[C@@H]1C2)Nc1c(F)cccc1F. The van der Waals surface area contributed by atoms with Crippen LogP contribution in [0.1, 0.15) is 32.1 Å². The monoisotopic (exact) mass is 323 g/mol. The van der Waals surface area contributed by atoms with Gasteiger partial charge in [0.15, 0.2) is 6.61 Å². The molecule has 0 radical (unpaired) electrons. The fraction of sp³-hybridized carbons (Fsp3) is 0.529. The van der Waals surface area contributed by atoms with Crippen LogP contribution in [-0.2, 0) is 14.3 Å². The molecule has 2 aliphatic carbocycles. The zero-order valence-electron chi connectivity index (χ0n) is 12.7. The predicted octanol–water partition coefficient (Wildman–Crippen LogP) is 3.27. The third kappa shape index (κ3) is 3.68. The van der Waals surface area contributed by atoms with Crippen molar-refractivity contribution in [1.29, 1.82) is 0 Å². The van der Waals surface area contributed by atoms with Gasteiger partial charge in [-0.25, -0.2) is 8.78 Å². The van der Waals surface area contributed by atoms with Gasteiger partial charge in [-0.2, -0.15) is 0 Å². The van der Waals surface area contributed by atoms with Crippen LogP contribution in [0.4, 0.5) is 14.5 Å². The van der Waals surface area contributed by atoms with E-state index >= 15 is 0 Å². The highest BCUT2D eigenvalue weighted by atomic mass is 19.1. The summed E-state index contributed by atoms with van der Waals surface area (Å²) in [5.74, 6) is -1.22. The van der Waals surface area contributed by atoms with Gasteiger partial charge in [-0.05, 0) is 49.1 Å². The van der Waals surface area contributed by atoms with Crippen LogP contribution in [0.3, 0.4) is 0 Å². The van der Waals surface area contributed by atoms with Crippen LogP contribution in [0.5, 0.6) is 0 Å². The van der Waals surface area contributed by atoms with Crippen LogP contribution in [0.25, 0.3) is 0 Å². The van der Waals surface area contributed by atoms with Crippen molar-refractivity contribution in [2.45, 2.75) is 32.1 Å². The highest BCUT2D eigenvalue weighted by Crippen LogP contribution is 2.49. The first-order chi connectivity index (χ1) is 11.0. The first-order valence-corrected chi connectivity index (χ1v) is 7.92. The minimum Gasteiger partial charge on any atom is -0.456 e. The van der Waals surface area contributed by atoms with Gasteiger partial charge in [0.2, 0.25) is 0 Å². The number of hydrogen-bond donors (Lipinski definition) is 1. The van der Waals surface area contributed by atoms with Crippen LogP contribution in [0, 0.1) is 29.4 Å². The van der Waals surface area contributed by atoms with Gasteiger partial charge in [0.25, 0.3) is 5.91 Å². The molecule has 1 aromatic carbocycles. The molecule has 3 atom stereocenters. The molecule has 0 aliphatic heterocycles. The fourth-order valence-corrected chi connectivity index (χ4v) is 3.84. The molecule has 4 nitrogen and oxygen atoms in total. The van der Waals surface area contributed by atoms with Gasteiger partial charge in [0, 0.05) is 6.42 Å². The molecule has 1 amide bonds. The Morgan fingerprint density at radius 3 is 2.52 bits per heavy atom. The lowest BCUT2D eigenvalue weighted by Crippen LogP contribution is -2.24. The molecule has 0 spiro atoms. The molecule has 0 heterocycles. The van der Waals surface area contributed by atoms with Crippen molar-refractivity contribution in [3.8, 4) is 0 Å². The molecule has 3 rings (SSSR count). The smallest absolute Gasteiger partial charge is 0.306 e. The first kappa shape index (κ1) is 15.9. The summed E-state index contributed by atoms with van der Waals surface area (Å²) in [6.07, 6.45) is 5.02. The van der Waals surface area contributed by atoms with E-state index < -0.39 is 35.8 Å². The number of para-hydroxylation sites is 1. The molecule has 23 heavy (non-hydrogen) atoms. The third-order valence-corrected chi connectivity index (χ3v) is 4.90. The number of anilines is 1. The Morgan fingerprint density at radius 1 is 1.17 bits per heavy atom. The Kier molecular flexibility index (Phi) is 4.59. The van der Waals surface area contributed by atoms with Gasteiger partial charge < -0.3 is 10.1 Å². The molecular formula is C17H19F2NO3. The van der Waals surface area contributed by atoms with E-state index in [1.807, 2.05) is 0 Å². The second-order valence-electron chi connectivity index (χ2n) is 6.44. The van der Waals surface area contributed by atoms with Gasteiger partial charge in [0.05, 0.1) is 0 Å². The highest BCUT2D eigenvalue weighted by molar-refractivity contribution is 5.93. The summed E-state index contributed by atoms with van der Waals surface area (Å²) in [4.78, 5) is 23.5. The highest BCUT2D eigenvalue weighted by Gasteiger charge is 2.40. The minimum absolute atomic E-state index is 0.322. The second kappa shape index (κ2) is 6.64. The lowest BCUT2D eigenvalue weighted by Gasteiger charge is -2.20. The van der Waals surface area contributed by atoms with Crippen molar-refractivity contribution < 1.29 is 23.1 Å². The Labute approximate surface area is 133 Å². The van der Waals surface area contributed by atoms with Crippen LogP contribution < -0.4 is 5.32 Å². The molecule has 2 saturated carbocycles. The van der Waals surface area contributed by atoms with Gasteiger partial charge in [-0.15, -0.1) is 0 Å². The molecule has 0 aromatic heterocycles. The van der Waals surface area contributed by atoms with Crippen molar-refractivity contribution in [2.24, 2.45) is 17.8 Å². The number of ether oxygens (including phenoxy) is 1. The number of amides is 1. The van der Waals surface area contributed by atoms with Crippen molar-refractivity contribution in [1.82, 2.24) is 0 Å². The summed E-state index contributed by atoms with van der Waals surface area (Å²) in [5, 5.41) is 2.09. The van der Waals surface area contributed by atoms with Gasteiger partial charge in [-0.1, -0.05) is 12.5 Å². The number of carbonyl (C=O) groups is 2. The number of halogens is 2. The number of nitrogens with one attached hydrogen (secondary N) is 1. The Bertz CT molecular complexity index is 600. The van der Waals surface area contributed by atoms with Crippen LogP contribution in [-0.4, -0.2) is 18.5 Å². The zero-order chi connectivity index (χ0) is 16.4. The molecular weight excluding hydrogens is 304 g/mol. The zero-order valence-corrected chi connectivity index (χ0v) is 12.7. The van der Waals surface area contributed by atoms with Crippen molar-refractivity contribution in [2.75, 3.05) is 11.9 Å². The number of hydrogen-bond acceptors (Lipinski definition) is 3. The molecule has 0 saturated heterocycles. The average molecular weight is 323 g/mol. The van der Waals surface area contributed by atoms with Crippen LogP contribution >= 0.6 is 0 Å². The maximum atomic E-state index is 13.4. The Morgan fingerprint density at radius 2 is 1.91 bits per heavy atom. The summed E-state index contributed by atoms with van der Waals surface area (Å²) in [6.45, 7) is -0.534. The maximum Gasteiger partial charge on any atom is 0.306 e. The van der Waals surface area contributed by atoms with E-state index in [0.29, 0.717) is 18.3 Å². The molecule has 2 fully saturated rings. The minimum atomic E-state index is -0.869. The van der Waals surface area contributed by atoms with E-state index in [-0.39, 0.29) is 0 Å². The summed E-state index contributed by atoms with van der Waals surface area (Å²) in [5.41, 5.74) is -0.526. The fourth-order valence-electron chi connectivity index (χ4n) is 3.84. The summed E-state index contributed by atoms with van der Waals surface area (Å²) >= 11 is 0. The quantitative estimate of drug-likeness (QED) is 0.846. The molecule has 1 N–H and O–H groups in total. The third-order valence-electron chi connectivity index (χ3n) is 4.90. The lowest BCUT2D eigenvalue weighted by molar-refractivity contribution is -0.148. The number of esters is 1. The van der Waals surface area contributed by atoms with E-state index in [4.69, 9.17) is 4.74 Å². The lowest BCUT2D eigenvalue weighted by atomic mass is 9.86. The topological polar surface area (TPSA) is 55.4 Å². The van der Waals surface area contributed by atoms with Crippen LogP contribution in [0.15, 0.2) is 18.2 Å². The first-order valence-electron chi connectivity index (χ1n) is 7.92. The molecule has 0 unspecified atom stereocenters. The average Bonchev–Trinajstić information content (AvgIpc) is 3.12. The van der Waals surface area contributed by atoms with E-state index in [0.717, 1.165) is 24.5 Å². The van der Waals surface area contributed by atoms with E-state index in [1.165, 1.54) is 25.3 Å². The van der Waals surface area contributed by atoms with Crippen LogP contribution in [0.2, 0.25) is 0 Å².